The van der Waals surface area contributed by atoms with Gasteiger partial charge in [-0.2, -0.15) is 0 Å². The minimum absolute atomic E-state index is 0.232. The van der Waals surface area contributed by atoms with Gasteiger partial charge in [0.1, 0.15) is 0 Å². The summed E-state index contributed by atoms with van der Waals surface area (Å²) in [6.07, 6.45) is 0. The number of carbonyl (C=O) groups excluding carboxylic acids is 1. The first kappa shape index (κ1) is 15.2. The van der Waals surface area contributed by atoms with E-state index in [1.165, 1.54) is 0 Å². The van der Waals surface area contributed by atoms with Crippen molar-refractivity contribution >= 4 is 39.2 Å². The Kier molecular flexibility index (Phi) is 4.63. The number of benzene rings is 2. The van der Waals surface area contributed by atoms with Crippen LogP contribution in [-0.2, 0) is 0 Å². The van der Waals surface area contributed by atoms with Crippen molar-refractivity contribution in [3.63, 3.8) is 0 Å². The molecule has 0 saturated carbocycles. The summed E-state index contributed by atoms with van der Waals surface area (Å²) >= 11 is 3.34. The van der Waals surface area contributed by atoms with Gasteiger partial charge in [0.2, 0.25) is 0 Å². The van der Waals surface area contributed by atoms with Crippen LogP contribution in [0, 0.1) is 0 Å². The molecular weight excluding hydrogens is 356 g/mol. The fourth-order valence-electron chi connectivity index (χ4n) is 1.95. The van der Waals surface area contributed by atoms with Gasteiger partial charge in [-0.1, -0.05) is 40.2 Å². The minimum Gasteiger partial charge on any atom is -0.339 e. The number of aromatic nitrogens is 2. The monoisotopic (exact) mass is 368 g/mol. The molecule has 0 aliphatic heterocycles. The Labute approximate surface area is 141 Å². The molecule has 1 aromatic heterocycles. The quantitative estimate of drug-likeness (QED) is 0.722. The summed E-state index contributed by atoms with van der Waals surface area (Å²) in [6, 6.07) is 20.3. The molecule has 0 fully saturated rings. The molecule has 0 radical (unpaired) electrons. The third-order valence-electron chi connectivity index (χ3n) is 3.04. The predicted octanol–water partition coefficient (Wildman–Crippen LogP) is 4.24. The van der Waals surface area contributed by atoms with Crippen molar-refractivity contribution < 1.29 is 4.79 Å². The second kappa shape index (κ2) is 7.02. The number of nitrogens with zero attached hydrogens (tertiary/aromatic N) is 2. The largest absolute Gasteiger partial charge is 0.339 e. The van der Waals surface area contributed by atoms with Crippen molar-refractivity contribution in [2.24, 2.45) is 0 Å². The molecule has 0 atom stereocenters. The lowest BCUT2D eigenvalue weighted by atomic mass is 10.2. The van der Waals surface area contributed by atoms with E-state index in [4.69, 9.17) is 0 Å². The first-order valence-electron chi connectivity index (χ1n) is 6.93. The van der Waals surface area contributed by atoms with E-state index in [1.54, 1.807) is 30.3 Å². The molecule has 0 unspecified atom stereocenters. The zero-order chi connectivity index (χ0) is 16.1. The van der Waals surface area contributed by atoms with Gasteiger partial charge in [0.05, 0.1) is 0 Å². The zero-order valence-electron chi connectivity index (χ0n) is 12.0. The number of anilines is 3. The highest BCUT2D eigenvalue weighted by atomic mass is 79.9. The maximum absolute atomic E-state index is 12.1. The average molecular weight is 369 g/mol. The highest BCUT2D eigenvalue weighted by molar-refractivity contribution is 9.10. The number of carbonyl (C=O) groups is 1. The van der Waals surface area contributed by atoms with Crippen molar-refractivity contribution in [3.05, 3.63) is 76.8 Å². The fraction of sp³-hybridized carbons (Fsp3) is 0. The molecule has 114 valence electrons. The van der Waals surface area contributed by atoms with Gasteiger partial charge >= 0.3 is 0 Å². The Morgan fingerprint density at radius 1 is 0.870 bits per heavy atom. The molecule has 1 heterocycles. The highest BCUT2D eigenvalue weighted by Crippen LogP contribution is 2.15. The second-order valence-corrected chi connectivity index (χ2v) is 5.67. The van der Waals surface area contributed by atoms with Gasteiger partial charge in [0.15, 0.2) is 11.6 Å². The van der Waals surface area contributed by atoms with Gasteiger partial charge in [-0.05, 0) is 42.5 Å². The summed E-state index contributed by atoms with van der Waals surface area (Å²) in [7, 11) is 0. The van der Waals surface area contributed by atoms with Crippen LogP contribution < -0.4 is 10.6 Å². The van der Waals surface area contributed by atoms with Crippen LogP contribution in [0.5, 0.6) is 0 Å². The Hall–Kier alpha value is -2.73. The van der Waals surface area contributed by atoms with Crippen molar-refractivity contribution in [2.75, 3.05) is 10.6 Å². The second-order valence-electron chi connectivity index (χ2n) is 4.76. The number of amides is 1. The minimum atomic E-state index is -0.232. The van der Waals surface area contributed by atoms with Gasteiger partial charge in [-0.3, -0.25) is 4.79 Å². The standard InChI is InChI=1S/C17H13BrN4O/c18-13-6-4-5-12(11-13)17(23)20-16-10-9-15(21-22-16)19-14-7-2-1-3-8-14/h1-11H,(H,19,21)(H,20,22,23). The Morgan fingerprint density at radius 2 is 1.61 bits per heavy atom. The molecule has 23 heavy (non-hydrogen) atoms. The number of hydrogen-bond acceptors (Lipinski definition) is 4. The van der Waals surface area contributed by atoms with Crippen molar-refractivity contribution in [2.45, 2.75) is 0 Å². The van der Waals surface area contributed by atoms with Crippen molar-refractivity contribution in [1.82, 2.24) is 10.2 Å². The van der Waals surface area contributed by atoms with Crippen LogP contribution in [0.2, 0.25) is 0 Å². The molecule has 3 aromatic rings. The van der Waals surface area contributed by atoms with Crippen LogP contribution in [-0.4, -0.2) is 16.1 Å². The predicted molar refractivity (Wildman–Crippen MR) is 93.9 cm³/mol. The molecule has 2 N–H and O–H groups in total. The van der Waals surface area contributed by atoms with E-state index in [2.05, 4.69) is 36.8 Å². The van der Waals surface area contributed by atoms with Gasteiger partial charge in [0.25, 0.3) is 5.91 Å². The number of para-hydroxylation sites is 1. The molecule has 6 heteroatoms. The molecule has 3 rings (SSSR count). The summed E-state index contributed by atoms with van der Waals surface area (Å²) in [6.45, 7) is 0. The van der Waals surface area contributed by atoms with E-state index >= 15 is 0 Å². The first-order chi connectivity index (χ1) is 11.2. The Bertz CT molecular complexity index is 806. The molecule has 1 amide bonds. The highest BCUT2D eigenvalue weighted by Gasteiger charge is 2.07. The number of nitrogens with one attached hydrogen (secondary N) is 2. The summed E-state index contributed by atoms with van der Waals surface area (Å²) < 4.78 is 0.846. The molecule has 2 aromatic carbocycles. The summed E-state index contributed by atoms with van der Waals surface area (Å²) in [5.74, 6) is 0.773. The lowest BCUT2D eigenvalue weighted by Crippen LogP contribution is -2.13. The summed E-state index contributed by atoms with van der Waals surface area (Å²) in [4.78, 5) is 12.1. The fourth-order valence-corrected chi connectivity index (χ4v) is 2.35. The maximum Gasteiger partial charge on any atom is 0.256 e. The van der Waals surface area contributed by atoms with E-state index in [9.17, 15) is 4.79 Å². The molecular formula is C17H13BrN4O. The topological polar surface area (TPSA) is 66.9 Å². The van der Waals surface area contributed by atoms with E-state index in [-0.39, 0.29) is 5.91 Å². The number of halogens is 1. The van der Waals surface area contributed by atoms with E-state index < -0.39 is 0 Å². The van der Waals surface area contributed by atoms with Gasteiger partial charge in [-0.15, -0.1) is 10.2 Å². The average Bonchev–Trinajstić information content (AvgIpc) is 2.57. The normalized spacial score (nSPS) is 10.1. The van der Waals surface area contributed by atoms with Crippen LogP contribution in [0.4, 0.5) is 17.3 Å². The summed E-state index contributed by atoms with van der Waals surface area (Å²) in [5.41, 5.74) is 1.47. The van der Waals surface area contributed by atoms with Gasteiger partial charge in [0, 0.05) is 15.7 Å². The maximum atomic E-state index is 12.1. The first-order valence-corrected chi connectivity index (χ1v) is 7.73. The van der Waals surface area contributed by atoms with E-state index in [1.807, 2.05) is 36.4 Å². The summed E-state index contributed by atoms with van der Waals surface area (Å²) in [5, 5.41) is 13.9. The SMILES string of the molecule is O=C(Nc1ccc(Nc2ccccc2)nn1)c1cccc(Br)c1. The van der Waals surface area contributed by atoms with Crippen LogP contribution in [0.1, 0.15) is 10.4 Å². The third-order valence-corrected chi connectivity index (χ3v) is 3.53. The number of rotatable bonds is 4. The van der Waals surface area contributed by atoms with E-state index in [0.717, 1.165) is 10.2 Å². The molecule has 0 bridgehead atoms. The number of hydrogen-bond donors (Lipinski definition) is 2. The Balaban J connectivity index is 1.67. The molecule has 0 saturated heterocycles. The van der Waals surface area contributed by atoms with E-state index in [0.29, 0.717) is 17.2 Å². The molecule has 5 nitrogen and oxygen atoms in total. The van der Waals surface area contributed by atoms with Crippen LogP contribution in [0.25, 0.3) is 0 Å². The van der Waals surface area contributed by atoms with Crippen LogP contribution >= 0.6 is 15.9 Å². The molecule has 0 aliphatic carbocycles. The third kappa shape index (κ3) is 4.14. The zero-order valence-corrected chi connectivity index (χ0v) is 13.6. The van der Waals surface area contributed by atoms with Crippen LogP contribution in [0.3, 0.4) is 0 Å². The Morgan fingerprint density at radius 3 is 2.30 bits per heavy atom. The van der Waals surface area contributed by atoms with Gasteiger partial charge < -0.3 is 10.6 Å². The molecule has 0 spiro atoms. The van der Waals surface area contributed by atoms with Crippen molar-refractivity contribution in [1.29, 1.82) is 0 Å². The lowest BCUT2D eigenvalue weighted by Gasteiger charge is -2.07. The lowest BCUT2D eigenvalue weighted by molar-refractivity contribution is 0.102. The molecule has 0 aliphatic rings. The van der Waals surface area contributed by atoms with Crippen LogP contribution in [0.15, 0.2) is 71.2 Å². The van der Waals surface area contributed by atoms with Gasteiger partial charge in [-0.25, -0.2) is 0 Å². The van der Waals surface area contributed by atoms with Crippen molar-refractivity contribution in [3.8, 4) is 0 Å². The smallest absolute Gasteiger partial charge is 0.256 e.